The van der Waals surface area contributed by atoms with Gasteiger partial charge in [0, 0.05) is 37.1 Å². The molecule has 3 rings (SSSR count). The van der Waals surface area contributed by atoms with Crippen LogP contribution in [0.1, 0.15) is 44.3 Å². The van der Waals surface area contributed by atoms with Crippen molar-refractivity contribution in [3.8, 4) is 10.6 Å². The zero-order valence-corrected chi connectivity index (χ0v) is 16.3. The summed E-state index contributed by atoms with van der Waals surface area (Å²) in [4.78, 5) is 29.2. The van der Waals surface area contributed by atoms with Gasteiger partial charge < -0.3 is 4.90 Å². The molecule has 25 heavy (non-hydrogen) atoms. The van der Waals surface area contributed by atoms with Crippen LogP contribution in [-0.4, -0.2) is 38.8 Å². The third kappa shape index (κ3) is 4.24. The molecule has 0 radical (unpaired) electrons. The van der Waals surface area contributed by atoms with E-state index in [1.165, 1.54) is 0 Å². The predicted octanol–water partition coefficient (Wildman–Crippen LogP) is 3.74. The van der Waals surface area contributed by atoms with Crippen molar-refractivity contribution in [2.24, 2.45) is 11.3 Å². The Morgan fingerprint density at radius 3 is 2.72 bits per heavy atom. The molecule has 1 saturated heterocycles. The summed E-state index contributed by atoms with van der Waals surface area (Å²) < 4.78 is 0. The van der Waals surface area contributed by atoms with Gasteiger partial charge in [-0.05, 0) is 32.1 Å². The molecule has 1 aliphatic heterocycles. The first kappa shape index (κ1) is 18.0. The topological polar surface area (TPSA) is 59.0 Å². The van der Waals surface area contributed by atoms with Crippen molar-refractivity contribution in [3.63, 3.8) is 0 Å². The first-order valence-electron chi connectivity index (χ1n) is 8.86. The molecule has 1 amide bonds. The maximum absolute atomic E-state index is 12.6. The van der Waals surface area contributed by atoms with Crippen LogP contribution in [-0.2, 0) is 11.2 Å². The third-order valence-electron chi connectivity index (χ3n) is 4.56. The quantitative estimate of drug-likeness (QED) is 0.839. The van der Waals surface area contributed by atoms with E-state index in [1.54, 1.807) is 23.7 Å². The number of piperidine rings is 1. The lowest BCUT2D eigenvalue weighted by atomic mass is 9.89. The van der Waals surface area contributed by atoms with E-state index >= 15 is 0 Å². The zero-order chi connectivity index (χ0) is 18.0. The number of amides is 1. The number of aryl methyl sites for hydroxylation is 1. The molecule has 3 heterocycles. The third-order valence-corrected chi connectivity index (χ3v) is 5.48. The van der Waals surface area contributed by atoms with Gasteiger partial charge in [-0.2, -0.15) is 0 Å². The number of rotatable bonds is 3. The van der Waals surface area contributed by atoms with Crippen LogP contribution in [0.4, 0.5) is 0 Å². The second kappa shape index (κ2) is 7.20. The van der Waals surface area contributed by atoms with Gasteiger partial charge in [0.15, 0.2) is 0 Å². The Labute approximate surface area is 153 Å². The van der Waals surface area contributed by atoms with Crippen LogP contribution in [0.3, 0.4) is 0 Å². The van der Waals surface area contributed by atoms with Gasteiger partial charge in [-0.3, -0.25) is 14.8 Å². The van der Waals surface area contributed by atoms with Crippen LogP contribution in [0.25, 0.3) is 10.6 Å². The largest absolute Gasteiger partial charge is 0.342 e. The number of hydrogen-bond donors (Lipinski definition) is 0. The SMILES string of the molecule is Cc1ncc(-c2nccnc2C[C@H]2CCCN(C(=O)C(C)(C)C)C2)s1. The first-order chi connectivity index (χ1) is 11.8. The van der Waals surface area contributed by atoms with Gasteiger partial charge in [0.1, 0.15) is 5.69 Å². The molecule has 0 spiro atoms. The standard InChI is InChI=1S/C19H26N4OS/c1-13-22-11-16(25-13)17-15(20-7-8-21-17)10-14-6-5-9-23(12-14)18(24)19(2,3)4/h7-8,11,14H,5-6,9-10,12H2,1-4H3/t14-/m1/s1. The van der Waals surface area contributed by atoms with E-state index < -0.39 is 0 Å². The highest BCUT2D eigenvalue weighted by atomic mass is 32.1. The Kier molecular flexibility index (Phi) is 5.18. The first-order valence-corrected chi connectivity index (χ1v) is 9.68. The molecule has 5 nitrogen and oxygen atoms in total. The van der Waals surface area contributed by atoms with Crippen LogP contribution in [0.15, 0.2) is 18.6 Å². The van der Waals surface area contributed by atoms with Gasteiger partial charge in [-0.1, -0.05) is 20.8 Å². The van der Waals surface area contributed by atoms with E-state index in [0.29, 0.717) is 5.92 Å². The lowest BCUT2D eigenvalue weighted by Gasteiger charge is -2.36. The number of nitrogens with zero attached hydrogens (tertiary/aromatic N) is 4. The molecule has 0 N–H and O–H groups in total. The molecule has 1 fully saturated rings. The molecule has 134 valence electrons. The van der Waals surface area contributed by atoms with Gasteiger partial charge >= 0.3 is 0 Å². The Morgan fingerprint density at radius 1 is 1.28 bits per heavy atom. The number of thiazole rings is 1. The van der Waals surface area contributed by atoms with Crippen molar-refractivity contribution in [2.75, 3.05) is 13.1 Å². The van der Waals surface area contributed by atoms with Gasteiger partial charge in [0.2, 0.25) is 5.91 Å². The Bertz CT molecular complexity index is 750. The fraction of sp³-hybridized carbons (Fsp3) is 0.579. The number of hydrogen-bond acceptors (Lipinski definition) is 5. The summed E-state index contributed by atoms with van der Waals surface area (Å²) in [6.07, 6.45) is 8.42. The number of carbonyl (C=O) groups excluding carboxylic acids is 1. The van der Waals surface area contributed by atoms with Gasteiger partial charge in [-0.15, -0.1) is 11.3 Å². The summed E-state index contributed by atoms with van der Waals surface area (Å²) in [6, 6.07) is 0. The van der Waals surface area contributed by atoms with E-state index in [9.17, 15) is 4.79 Å². The predicted molar refractivity (Wildman–Crippen MR) is 100 cm³/mol. The highest BCUT2D eigenvalue weighted by Gasteiger charge is 2.31. The van der Waals surface area contributed by atoms with Crippen LogP contribution < -0.4 is 0 Å². The minimum atomic E-state index is -0.320. The summed E-state index contributed by atoms with van der Waals surface area (Å²) in [5.41, 5.74) is 1.63. The number of aromatic nitrogens is 3. The molecule has 0 aliphatic carbocycles. The molecule has 6 heteroatoms. The summed E-state index contributed by atoms with van der Waals surface area (Å²) >= 11 is 1.65. The summed E-state index contributed by atoms with van der Waals surface area (Å²) in [7, 11) is 0. The molecule has 2 aromatic heterocycles. The molecular formula is C19H26N4OS. The van der Waals surface area contributed by atoms with E-state index in [0.717, 1.165) is 53.6 Å². The molecule has 0 unspecified atom stereocenters. The van der Waals surface area contributed by atoms with Gasteiger partial charge in [0.25, 0.3) is 0 Å². The molecule has 0 saturated carbocycles. The van der Waals surface area contributed by atoms with Crippen molar-refractivity contribution in [1.82, 2.24) is 19.9 Å². The zero-order valence-electron chi connectivity index (χ0n) is 15.5. The van der Waals surface area contributed by atoms with Crippen LogP contribution >= 0.6 is 11.3 Å². The molecular weight excluding hydrogens is 332 g/mol. The Balaban J connectivity index is 1.76. The molecule has 0 bridgehead atoms. The van der Waals surface area contributed by atoms with Crippen LogP contribution in [0, 0.1) is 18.3 Å². The fourth-order valence-electron chi connectivity index (χ4n) is 3.36. The van der Waals surface area contributed by atoms with E-state index in [4.69, 9.17) is 0 Å². The average molecular weight is 359 g/mol. The number of carbonyl (C=O) groups is 1. The minimum absolute atomic E-state index is 0.245. The van der Waals surface area contributed by atoms with Crippen molar-refractivity contribution in [1.29, 1.82) is 0 Å². The van der Waals surface area contributed by atoms with Crippen molar-refractivity contribution >= 4 is 17.2 Å². The summed E-state index contributed by atoms with van der Waals surface area (Å²) in [5.74, 6) is 0.680. The van der Waals surface area contributed by atoms with E-state index in [2.05, 4.69) is 15.0 Å². The molecule has 2 aromatic rings. The Hall–Kier alpha value is -1.82. The summed E-state index contributed by atoms with van der Waals surface area (Å²) in [6.45, 7) is 9.66. The number of likely N-dealkylation sites (tertiary alicyclic amines) is 1. The van der Waals surface area contributed by atoms with E-state index in [-0.39, 0.29) is 11.3 Å². The molecule has 1 atom stereocenters. The lowest BCUT2D eigenvalue weighted by Crippen LogP contribution is -2.45. The normalized spacial score (nSPS) is 18.4. The second-order valence-electron chi connectivity index (χ2n) is 7.81. The van der Waals surface area contributed by atoms with E-state index in [1.807, 2.05) is 38.8 Å². The van der Waals surface area contributed by atoms with Crippen LogP contribution in [0.2, 0.25) is 0 Å². The van der Waals surface area contributed by atoms with Crippen LogP contribution in [0.5, 0.6) is 0 Å². The smallest absolute Gasteiger partial charge is 0.227 e. The Morgan fingerprint density at radius 2 is 2.04 bits per heavy atom. The molecule has 1 aliphatic rings. The monoisotopic (exact) mass is 358 g/mol. The lowest BCUT2D eigenvalue weighted by molar-refractivity contribution is -0.141. The maximum Gasteiger partial charge on any atom is 0.227 e. The highest BCUT2D eigenvalue weighted by molar-refractivity contribution is 7.15. The molecule has 0 aromatic carbocycles. The fourth-order valence-corrected chi connectivity index (χ4v) is 4.15. The van der Waals surface area contributed by atoms with Crippen molar-refractivity contribution < 1.29 is 4.79 Å². The van der Waals surface area contributed by atoms with Gasteiger partial charge in [0.05, 0.1) is 15.6 Å². The average Bonchev–Trinajstić information content (AvgIpc) is 3.00. The maximum atomic E-state index is 12.6. The summed E-state index contributed by atoms with van der Waals surface area (Å²) in [5, 5.41) is 1.03. The minimum Gasteiger partial charge on any atom is -0.342 e. The second-order valence-corrected chi connectivity index (χ2v) is 9.04. The highest BCUT2D eigenvalue weighted by Crippen LogP contribution is 2.30. The van der Waals surface area contributed by atoms with Crippen molar-refractivity contribution in [2.45, 2.75) is 47.0 Å². The van der Waals surface area contributed by atoms with Gasteiger partial charge in [-0.25, -0.2) is 4.98 Å². The van der Waals surface area contributed by atoms with Crippen molar-refractivity contribution in [3.05, 3.63) is 29.3 Å².